The second-order valence-electron chi connectivity index (χ2n) is 3.82. The highest BCUT2D eigenvalue weighted by Crippen LogP contribution is 2.19. The maximum atomic E-state index is 5.06. The predicted octanol–water partition coefficient (Wildman–Crippen LogP) is 4.20. The molecule has 0 unspecified atom stereocenters. The first-order valence-corrected chi connectivity index (χ1v) is 6.77. The molecule has 0 aliphatic heterocycles. The average molecular weight is 295 g/mol. The van der Waals surface area contributed by atoms with Crippen LogP contribution >= 0.6 is 15.9 Å². The van der Waals surface area contributed by atoms with Crippen LogP contribution in [0.15, 0.2) is 36.4 Å². The van der Waals surface area contributed by atoms with Crippen LogP contribution in [-0.4, -0.2) is 6.61 Å². The van der Waals surface area contributed by atoms with Crippen molar-refractivity contribution in [3.63, 3.8) is 0 Å². The van der Waals surface area contributed by atoms with E-state index < -0.39 is 0 Å². The first-order chi connectivity index (χ1) is 8.33. The third-order valence-electron chi connectivity index (χ3n) is 2.55. The first-order valence-electron chi connectivity index (χ1n) is 5.65. The molecular formula is C14H15BrO2. The van der Waals surface area contributed by atoms with Gasteiger partial charge in [0.1, 0.15) is 6.61 Å². The van der Waals surface area contributed by atoms with E-state index in [1.54, 1.807) is 0 Å². The standard InChI is InChI=1S/C14H15BrO2/c1-2-16-17-10-12-4-6-13-7-11(9-15)3-5-14(13)8-12/h3-8H,2,9-10H2,1H3. The summed E-state index contributed by atoms with van der Waals surface area (Å²) in [4.78, 5) is 9.93. The van der Waals surface area contributed by atoms with Gasteiger partial charge in [0, 0.05) is 5.33 Å². The van der Waals surface area contributed by atoms with Crippen molar-refractivity contribution >= 4 is 26.7 Å². The zero-order valence-electron chi connectivity index (χ0n) is 9.78. The van der Waals surface area contributed by atoms with E-state index in [0.717, 1.165) is 10.9 Å². The van der Waals surface area contributed by atoms with E-state index in [-0.39, 0.29) is 0 Å². The highest BCUT2D eigenvalue weighted by molar-refractivity contribution is 9.08. The van der Waals surface area contributed by atoms with Crippen LogP contribution < -0.4 is 0 Å². The molecule has 0 aliphatic carbocycles. The summed E-state index contributed by atoms with van der Waals surface area (Å²) < 4.78 is 0. The first kappa shape index (κ1) is 12.6. The molecule has 0 fully saturated rings. The lowest BCUT2D eigenvalue weighted by Gasteiger charge is -2.05. The molecule has 0 saturated carbocycles. The molecule has 0 amide bonds. The van der Waals surface area contributed by atoms with Crippen molar-refractivity contribution in [3.05, 3.63) is 47.5 Å². The van der Waals surface area contributed by atoms with Gasteiger partial charge in [0.25, 0.3) is 0 Å². The fraction of sp³-hybridized carbons (Fsp3) is 0.286. The summed E-state index contributed by atoms with van der Waals surface area (Å²) in [5, 5.41) is 3.37. The predicted molar refractivity (Wildman–Crippen MR) is 73.0 cm³/mol. The molecule has 2 aromatic rings. The Kier molecular flexibility index (Phi) is 4.54. The molecule has 2 nitrogen and oxygen atoms in total. The van der Waals surface area contributed by atoms with Gasteiger partial charge in [-0.25, -0.2) is 9.78 Å². The Hall–Kier alpha value is -0.900. The lowest BCUT2D eigenvalue weighted by molar-refractivity contribution is -0.300. The molecule has 90 valence electrons. The highest BCUT2D eigenvalue weighted by Gasteiger charge is 1.99. The van der Waals surface area contributed by atoms with E-state index >= 15 is 0 Å². The molecule has 2 rings (SSSR count). The largest absolute Gasteiger partial charge is 0.237 e. The Morgan fingerprint density at radius 1 is 0.941 bits per heavy atom. The number of rotatable bonds is 5. The number of hydrogen-bond acceptors (Lipinski definition) is 2. The van der Waals surface area contributed by atoms with Gasteiger partial charge in [0.15, 0.2) is 0 Å². The Morgan fingerprint density at radius 3 is 2.24 bits per heavy atom. The minimum absolute atomic E-state index is 0.490. The molecule has 0 saturated heterocycles. The summed E-state index contributed by atoms with van der Waals surface area (Å²) >= 11 is 3.46. The Morgan fingerprint density at radius 2 is 1.59 bits per heavy atom. The summed E-state index contributed by atoms with van der Waals surface area (Å²) in [6, 6.07) is 12.8. The number of hydrogen-bond donors (Lipinski definition) is 0. The van der Waals surface area contributed by atoms with E-state index in [2.05, 4.69) is 52.3 Å². The van der Waals surface area contributed by atoms with Gasteiger partial charge in [0.05, 0.1) is 6.61 Å². The van der Waals surface area contributed by atoms with Crippen LogP contribution in [0, 0.1) is 0 Å². The Bertz CT molecular complexity index is 497. The van der Waals surface area contributed by atoms with Gasteiger partial charge in [-0.1, -0.05) is 46.3 Å². The fourth-order valence-corrected chi connectivity index (χ4v) is 2.06. The van der Waals surface area contributed by atoms with Gasteiger partial charge in [0.2, 0.25) is 0 Å². The maximum absolute atomic E-state index is 5.06. The zero-order chi connectivity index (χ0) is 12.1. The summed E-state index contributed by atoms with van der Waals surface area (Å²) in [6.07, 6.45) is 0. The second-order valence-corrected chi connectivity index (χ2v) is 4.38. The van der Waals surface area contributed by atoms with Crippen LogP contribution in [0.4, 0.5) is 0 Å². The molecule has 0 N–H and O–H groups in total. The normalized spacial score (nSPS) is 10.9. The molecule has 0 aliphatic rings. The van der Waals surface area contributed by atoms with Gasteiger partial charge < -0.3 is 0 Å². The van der Waals surface area contributed by atoms with E-state index in [0.29, 0.717) is 13.2 Å². The van der Waals surface area contributed by atoms with Crippen molar-refractivity contribution < 1.29 is 9.78 Å². The highest BCUT2D eigenvalue weighted by atomic mass is 79.9. The van der Waals surface area contributed by atoms with Gasteiger partial charge in [-0.2, -0.15) is 0 Å². The lowest BCUT2D eigenvalue weighted by atomic mass is 10.1. The van der Waals surface area contributed by atoms with Crippen LogP contribution in [0.3, 0.4) is 0 Å². The molecule has 0 atom stereocenters. The van der Waals surface area contributed by atoms with Crippen LogP contribution in [0.25, 0.3) is 10.8 Å². The molecule has 0 bridgehead atoms. The smallest absolute Gasteiger partial charge is 0.107 e. The third-order valence-corrected chi connectivity index (χ3v) is 3.20. The quantitative estimate of drug-likeness (QED) is 0.356. The SMILES string of the molecule is CCOOCc1ccc2cc(CBr)ccc2c1. The molecule has 17 heavy (non-hydrogen) atoms. The second kappa shape index (κ2) is 6.15. The number of alkyl halides is 1. The minimum atomic E-state index is 0.490. The molecule has 0 spiro atoms. The summed E-state index contributed by atoms with van der Waals surface area (Å²) in [5.41, 5.74) is 2.41. The van der Waals surface area contributed by atoms with E-state index in [1.807, 2.05) is 6.92 Å². The summed E-state index contributed by atoms with van der Waals surface area (Å²) in [5.74, 6) is 0. The van der Waals surface area contributed by atoms with Gasteiger partial charge in [-0.15, -0.1) is 0 Å². The van der Waals surface area contributed by atoms with Gasteiger partial charge in [-0.05, 0) is 34.9 Å². The van der Waals surface area contributed by atoms with E-state index in [1.165, 1.54) is 16.3 Å². The van der Waals surface area contributed by atoms with Crippen molar-refractivity contribution in [2.45, 2.75) is 18.9 Å². The molecule has 0 aromatic heterocycles. The van der Waals surface area contributed by atoms with Crippen LogP contribution in [-0.2, 0) is 21.7 Å². The lowest BCUT2D eigenvalue weighted by Crippen LogP contribution is -1.94. The summed E-state index contributed by atoms with van der Waals surface area (Å²) in [6.45, 7) is 2.97. The van der Waals surface area contributed by atoms with Gasteiger partial charge in [-0.3, -0.25) is 0 Å². The van der Waals surface area contributed by atoms with Crippen molar-refractivity contribution in [1.82, 2.24) is 0 Å². The van der Waals surface area contributed by atoms with Crippen LogP contribution in [0.5, 0.6) is 0 Å². The van der Waals surface area contributed by atoms with E-state index in [9.17, 15) is 0 Å². The number of fused-ring (bicyclic) bond motifs is 1. The Labute approximate surface area is 110 Å². The van der Waals surface area contributed by atoms with Crippen LogP contribution in [0.2, 0.25) is 0 Å². The monoisotopic (exact) mass is 294 g/mol. The minimum Gasteiger partial charge on any atom is -0.237 e. The topological polar surface area (TPSA) is 18.5 Å². The number of benzene rings is 2. The zero-order valence-corrected chi connectivity index (χ0v) is 11.4. The molecule has 3 heteroatoms. The Balaban J connectivity index is 2.19. The van der Waals surface area contributed by atoms with Crippen molar-refractivity contribution in [2.75, 3.05) is 6.61 Å². The van der Waals surface area contributed by atoms with Crippen molar-refractivity contribution in [3.8, 4) is 0 Å². The molecule has 0 radical (unpaired) electrons. The van der Waals surface area contributed by atoms with Gasteiger partial charge >= 0.3 is 0 Å². The van der Waals surface area contributed by atoms with Crippen LogP contribution in [0.1, 0.15) is 18.1 Å². The number of halogens is 1. The van der Waals surface area contributed by atoms with E-state index in [4.69, 9.17) is 9.78 Å². The third kappa shape index (κ3) is 3.28. The molecule has 0 heterocycles. The fourth-order valence-electron chi connectivity index (χ4n) is 1.71. The molecule has 2 aromatic carbocycles. The van der Waals surface area contributed by atoms with Crippen molar-refractivity contribution in [2.24, 2.45) is 0 Å². The average Bonchev–Trinajstić information content (AvgIpc) is 2.38. The summed E-state index contributed by atoms with van der Waals surface area (Å²) in [7, 11) is 0. The van der Waals surface area contributed by atoms with Crippen molar-refractivity contribution in [1.29, 1.82) is 0 Å². The molecular weight excluding hydrogens is 280 g/mol. The maximum Gasteiger partial charge on any atom is 0.107 e.